The Hall–Kier alpha value is -2.89. The fraction of sp³-hybridized carbons (Fsp3) is 0.231. The van der Waals surface area contributed by atoms with E-state index in [0.29, 0.717) is 0 Å². The van der Waals surface area contributed by atoms with Gasteiger partial charge in [0, 0.05) is 18.1 Å². The smallest absolute Gasteiger partial charge is 0.326 e. The van der Waals surface area contributed by atoms with E-state index in [1.165, 1.54) is 24.4 Å². The molecular weight excluding hydrogens is 301 g/mol. The van der Waals surface area contributed by atoms with Gasteiger partial charge in [-0.3, -0.25) is 14.6 Å². The highest BCUT2D eigenvalue weighted by atomic mass is 19.4. The van der Waals surface area contributed by atoms with E-state index in [1.807, 2.05) is 5.32 Å². The lowest BCUT2D eigenvalue weighted by Gasteiger charge is -2.30. The summed E-state index contributed by atoms with van der Waals surface area (Å²) >= 11 is 0. The third-order valence-corrected chi connectivity index (χ3v) is 3.15. The Bertz CT molecular complexity index is 706. The molecule has 114 valence electrons. The Balaban J connectivity index is 2.52. The number of aromatic nitrogens is 1. The molecule has 1 aromatic rings. The van der Waals surface area contributed by atoms with Crippen molar-refractivity contribution in [3.8, 4) is 6.07 Å². The van der Waals surface area contributed by atoms with Crippen molar-refractivity contribution in [3.63, 3.8) is 0 Å². The molecule has 6 nitrogen and oxygen atoms in total. The maximum absolute atomic E-state index is 13.5. The molecule has 0 fully saturated rings. The first-order valence-corrected chi connectivity index (χ1v) is 5.96. The summed E-state index contributed by atoms with van der Waals surface area (Å²) in [5.74, 6) is -2.69. The van der Waals surface area contributed by atoms with Gasteiger partial charge < -0.3 is 10.6 Å². The highest BCUT2D eigenvalue weighted by Crippen LogP contribution is 2.40. The number of pyridine rings is 1. The number of allylic oxidation sites excluding steroid dienone is 1. The van der Waals surface area contributed by atoms with E-state index in [9.17, 15) is 22.8 Å². The molecule has 0 aromatic carbocycles. The fourth-order valence-corrected chi connectivity index (χ4v) is 2.09. The molecule has 22 heavy (non-hydrogen) atoms. The zero-order valence-electron chi connectivity index (χ0n) is 11.2. The van der Waals surface area contributed by atoms with Gasteiger partial charge >= 0.3 is 6.18 Å². The van der Waals surface area contributed by atoms with Gasteiger partial charge in [-0.05, 0) is 19.1 Å². The molecule has 2 N–H and O–H groups in total. The van der Waals surface area contributed by atoms with Gasteiger partial charge in [0.05, 0.1) is 17.2 Å². The fourth-order valence-electron chi connectivity index (χ4n) is 2.09. The van der Waals surface area contributed by atoms with E-state index < -0.39 is 29.1 Å². The number of rotatable bonds is 2. The normalized spacial score (nSPS) is 21.3. The minimum atomic E-state index is -5.18. The van der Waals surface area contributed by atoms with E-state index in [-0.39, 0.29) is 11.3 Å². The minimum Gasteiger partial charge on any atom is -0.326 e. The van der Waals surface area contributed by atoms with Crippen molar-refractivity contribution >= 4 is 11.8 Å². The lowest BCUT2D eigenvalue weighted by Crippen LogP contribution is -2.64. The maximum atomic E-state index is 13.5. The van der Waals surface area contributed by atoms with Gasteiger partial charge in [-0.15, -0.1) is 0 Å². The number of amides is 2. The Kier molecular flexibility index (Phi) is 3.62. The average Bonchev–Trinajstić information content (AvgIpc) is 2.70. The van der Waals surface area contributed by atoms with Crippen molar-refractivity contribution in [2.45, 2.75) is 18.6 Å². The summed E-state index contributed by atoms with van der Waals surface area (Å²) in [5.41, 5.74) is -4.71. The summed E-state index contributed by atoms with van der Waals surface area (Å²) < 4.78 is 40.4. The van der Waals surface area contributed by atoms with Crippen LogP contribution in [0.15, 0.2) is 35.8 Å². The first kappa shape index (κ1) is 15.5. The summed E-state index contributed by atoms with van der Waals surface area (Å²) in [7, 11) is 0. The molecule has 1 aromatic heterocycles. The third kappa shape index (κ3) is 2.18. The molecule has 2 amide bonds. The Morgan fingerprint density at radius 2 is 2.18 bits per heavy atom. The van der Waals surface area contributed by atoms with Gasteiger partial charge in [-0.25, -0.2) is 0 Å². The third-order valence-electron chi connectivity index (χ3n) is 3.15. The van der Waals surface area contributed by atoms with Gasteiger partial charge in [-0.2, -0.15) is 18.4 Å². The zero-order valence-corrected chi connectivity index (χ0v) is 11.2. The van der Waals surface area contributed by atoms with Gasteiger partial charge in [0.15, 0.2) is 0 Å². The number of halogens is 3. The standard InChI is InChI=1S/C13H9F3N4O2/c1-7-9(5-17)12(11(22)19-7,13(14,15)16)20-10(21)8-3-2-4-18-6-8/h2-4,6H,1H3,(H,19,22)(H,20,21). The second-order valence-electron chi connectivity index (χ2n) is 4.51. The second-order valence-corrected chi connectivity index (χ2v) is 4.51. The number of nitrogens with one attached hydrogen (secondary N) is 2. The van der Waals surface area contributed by atoms with Gasteiger partial charge in [0.25, 0.3) is 17.4 Å². The van der Waals surface area contributed by atoms with Crippen LogP contribution in [0, 0.1) is 11.3 Å². The lowest BCUT2D eigenvalue weighted by molar-refractivity contribution is -0.184. The molecule has 1 aliphatic heterocycles. The van der Waals surface area contributed by atoms with Crippen LogP contribution < -0.4 is 10.6 Å². The predicted molar refractivity (Wildman–Crippen MR) is 66.9 cm³/mol. The molecule has 2 rings (SSSR count). The van der Waals surface area contributed by atoms with Gasteiger partial charge in [0.1, 0.15) is 0 Å². The molecule has 9 heteroatoms. The number of hydrogen-bond acceptors (Lipinski definition) is 4. The molecule has 1 aliphatic rings. The second kappa shape index (κ2) is 5.14. The predicted octanol–water partition coefficient (Wildman–Crippen LogP) is 1.04. The van der Waals surface area contributed by atoms with E-state index in [4.69, 9.17) is 5.26 Å². The summed E-state index contributed by atoms with van der Waals surface area (Å²) in [4.78, 5) is 27.5. The summed E-state index contributed by atoms with van der Waals surface area (Å²) in [6.07, 6.45) is -2.80. The SMILES string of the molecule is CC1=C(C#N)C(NC(=O)c2cccnc2)(C(F)(F)F)C(=O)N1. The van der Waals surface area contributed by atoms with Crippen molar-refractivity contribution in [2.75, 3.05) is 0 Å². The molecule has 0 spiro atoms. The van der Waals surface area contributed by atoms with Crippen LogP contribution >= 0.6 is 0 Å². The highest BCUT2D eigenvalue weighted by molar-refractivity contribution is 6.04. The molecule has 1 atom stereocenters. The monoisotopic (exact) mass is 310 g/mol. The number of carbonyl (C=O) groups excluding carboxylic acids is 2. The molecule has 2 heterocycles. The molecule has 0 saturated carbocycles. The van der Waals surface area contributed by atoms with Crippen LogP contribution in [0.2, 0.25) is 0 Å². The van der Waals surface area contributed by atoms with Crippen molar-refractivity contribution in [1.29, 1.82) is 5.26 Å². The number of alkyl halides is 3. The summed E-state index contributed by atoms with van der Waals surface area (Å²) in [6, 6.07) is 3.94. The largest absolute Gasteiger partial charge is 0.425 e. The molecule has 0 saturated heterocycles. The van der Waals surface area contributed by atoms with Crippen molar-refractivity contribution in [3.05, 3.63) is 41.4 Å². The van der Waals surface area contributed by atoms with Crippen molar-refractivity contribution < 1.29 is 22.8 Å². The van der Waals surface area contributed by atoms with Crippen LogP contribution in [0.4, 0.5) is 13.2 Å². The van der Waals surface area contributed by atoms with Crippen LogP contribution in [0.3, 0.4) is 0 Å². The van der Waals surface area contributed by atoms with Gasteiger partial charge in [-0.1, -0.05) is 0 Å². The topological polar surface area (TPSA) is 94.9 Å². The van der Waals surface area contributed by atoms with Crippen LogP contribution in [0.25, 0.3) is 0 Å². The molecule has 0 radical (unpaired) electrons. The number of carbonyl (C=O) groups is 2. The molecule has 0 aliphatic carbocycles. The number of hydrogen-bond donors (Lipinski definition) is 2. The number of nitriles is 1. The van der Waals surface area contributed by atoms with E-state index in [0.717, 1.165) is 13.1 Å². The van der Waals surface area contributed by atoms with E-state index in [2.05, 4.69) is 4.98 Å². The highest BCUT2D eigenvalue weighted by Gasteiger charge is 2.67. The Morgan fingerprint density at radius 1 is 1.50 bits per heavy atom. The van der Waals surface area contributed by atoms with E-state index in [1.54, 1.807) is 5.32 Å². The van der Waals surface area contributed by atoms with Crippen LogP contribution in [-0.2, 0) is 4.79 Å². The van der Waals surface area contributed by atoms with Crippen LogP contribution in [0.5, 0.6) is 0 Å². The Morgan fingerprint density at radius 3 is 2.68 bits per heavy atom. The quantitative estimate of drug-likeness (QED) is 0.853. The minimum absolute atomic E-state index is 0.166. The van der Waals surface area contributed by atoms with Crippen molar-refractivity contribution in [2.24, 2.45) is 0 Å². The average molecular weight is 310 g/mol. The lowest BCUT2D eigenvalue weighted by atomic mass is 9.90. The number of nitrogens with zero attached hydrogens (tertiary/aromatic N) is 2. The van der Waals surface area contributed by atoms with Crippen LogP contribution in [-0.4, -0.2) is 28.5 Å². The molecule has 0 bridgehead atoms. The van der Waals surface area contributed by atoms with Crippen LogP contribution in [0.1, 0.15) is 17.3 Å². The van der Waals surface area contributed by atoms with E-state index >= 15 is 0 Å². The zero-order chi connectivity index (χ0) is 16.5. The van der Waals surface area contributed by atoms with Crippen molar-refractivity contribution in [1.82, 2.24) is 15.6 Å². The first-order chi connectivity index (χ1) is 10.2. The molecular formula is C13H9F3N4O2. The summed E-state index contributed by atoms with van der Waals surface area (Å²) in [5, 5.41) is 12.5. The Labute approximate surface area is 122 Å². The maximum Gasteiger partial charge on any atom is 0.425 e. The van der Waals surface area contributed by atoms with Gasteiger partial charge in [0.2, 0.25) is 0 Å². The molecule has 1 unspecified atom stereocenters. The summed E-state index contributed by atoms with van der Waals surface area (Å²) in [6.45, 7) is 1.15. The first-order valence-electron chi connectivity index (χ1n) is 5.96.